The fourth-order valence-corrected chi connectivity index (χ4v) is 5.75. The van der Waals surface area contributed by atoms with Gasteiger partial charge in [0.2, 0.25) is 0 Å². The summed E-state index contributed by atoms with van der Waals surface area (Å²) in [5.74, 6) is 2.24. The molecule has 3 rings (SSSR count). The smallest absolute Gasteiger partial charge is 0.263 e. The van der Waals surface area contributed by atoms with E-state index in [1.807, 2.05) is 36.9 Å². The molecule has 0 aromatic heterocycles. The average Bonchev–Trinajstić information content (AvgIpc) is 2.57. The highest BCUT2D eigenvalue weighted by atomic mass is 79.9. The zero-order chi connectivity index (χ0) is 18.0. The van der Waals surface area contributed by atoms with Gasteiger partial charge < -0.3 is 4.90 Å². The quantitative estimate of drug-likeness (QED) is 0.713. The number of aryl methyl sites for hydroxylation is 1. The largest absolute Gasteiger partial charge is 0.370 e. The highest BCUT2D eigenvalue weighted by Gasteiger charge is 2.20. The van der Waals surface area contributed by atoms with Crippen molar-refractivity contribution in [3.63, 3.8) is 0 Å². The Hall–Kier alpha value is -0.890. The van der Waals surface area contributed by atoms with Crippen LogP contribution in [0.5, 0.6) is 0 Å². The number of halogens is 2. The van der Waals surface area contributed by atoms with Crippen LogP contribution >= 0.6 is 39.3 Å². The topological polar surface area (TPSA) is 49.4 Å². The molecule has 1 aliphatic rings. The van der Waals surface area contributed by atoms with Crippen LogP contribution in [0.3, 0.4) is 0 Å². The number of benzene rings is 2. The predicted molar refractivity (Wildman–Crippen MR) is 111 cm³/mol. The van der Waals surface area contributed by atoms with Crippen LogP contribution < -0.4 is 9.62 Å². The second kappa shape index (κ2) is 7.78. The molecule has 4 nitrogen and oxygen atoms in total. The molecule has 1 saturated heterocycles. The molecule has 0 atom stereocenters. The standard InChI is InChI=1S/C17H18BrClN2O2S2/c1-12-10-14(21-6-8-24-9-7-21)3-4-16(12)20-25(22,23)17-5-2-13(18)11-15(17)19/h2-5,10-11,20H,6-9H2,1H3. The predicted octanol–water partition coefficient (Wildman–Crippen LogP) is 4.76. The summed E-state index contributed by atoms with van der Waals surface area (Å²) in [5, 5.41) is 0.182. The third-order valence-electron chi connectivity index (χ3n) is 4.01. The lowest BCUT2D eigenvalue weighted by Crippen LogP contribution is -2.32. The summed E-state index contributed by atoms with van der Waals surface area (Å²) < 4.78 is 28.7. The molecule has 2 aromatic rings. The Labute approximate surface area is 166 Å². The monoisotopic (exact) mass is 460 g/mol. The van der Waals surface area contributed by atoms with E-state index < -0.39 is 10.0 Å². The minimum absolute atomic E-state index is 0.0638. The molecule has 1 fully saturated rings. The molecule has 0 radical (unpaired) electrons. The summed E-state index contributed by atoms with van der Waals surface area (Å²) >= 11 is 11.3. The van der Waals surface area contributed by atoms with Gasteiger partial charge in [0.15, 0.2) is 0 Å². The number of nitrogens with one attached hydrogen (secondary N) is 1. The minimum atomic E-state index is -3.74. The second-order valence-electron chi connectivity index (χ2n) is 5.78. The molecule has 1 aliphatic heterocycles. The van der Waals surface area contributed by atoms with Gasteiger partial charge in [-0.2, -0.15) is 11.8 Å². The van der Waals surface area contributed by atoms with Crippen LogP contribution in [0.1, 0.15) is 5.56 Å². The van der Waals surface area contributed by atoms with Gasteiger partial charge >= 0.3 is 0 Å². The Balaban J connectivity index is 1.84. The maximum atomic E-state index is 12.6. The Kier molecular flexibility index (Phi) is 5.88. The van der Waals surface area contributed by atoms with Crippen LogP contribution in [0.4, 0.5) is 11.4 Å². The van der Waals surface area contributed by atoms with Crippen LogP contribution in [0.25, 0.3) is 0 Å². The molecule has 0 saturated carbocycles. The first-order valence-electron chi connectivity index (χ1n) is 7.78. The molecular formula is C17H18BrClN2O2S2. The number of rotatable bonds is 4. The highest BCUT2D eigenvalue weighted by molar-refractivity contribution is 9.10. The summed E-state index contributed by atoms with van der Waals surface area (Å²) in [7, 11) is -3.74. The molecule has 0 amide bonds. The fourth-order valence-electron chi connectivity index (χ4n) is 2.67. The van der Waals surface area contributed by atoms with Gasteiger partial charge in [-0.05, 0) is 48.9 Å². The summed E-state index contributed by atoms with van der Waals surface area (Å²) in [6, 6.07) is 10.5. The molecule has 134 valence electrons. The molecule has 0 spiro atoms. The zero-order valence-electron chi connectivity index (χ0n) is 13.6. The second-order valence-corrected chi connectivity index (χ2v) is 9.98. The van der Waals surface area contributed by atoms with Crippen molar-refractivity contribution < 1.29 is 8.42 Å². The first-order valence-corrected chi connectivity index (χ1v) is 11.6. The van der Waals surface area contributed by atoms with E-state index in [2.05, 4.69) is 25.6 Å². The summed E-state index contributed by atoms with van der Waals surface area (Å²) in [5.41, 5.74) is 2.57. The zero-order valence-corrected chi connectivity index (χ0v) is 17.6. The lowest BCUT2D eigenvalue weighted by Gasteiger charge is -2.29. The molecule has 0 aliphatic carbocycles. The van der Waals surface area contributed by atoms with Crippen molar-refractivity contribution in [3.8, 4) is 0 Å². The Morgan fingerprint density at radius 1 is 1.16 bits per heavy atom. The summed E-state index contributed by atoms with van der Waals surface area (Å²) in [4.78, 5) is 2.39. The molecule has 0 unspecified atom stereocenters. The normalized spacial score (nSPS) is 15.2. The molecule has 1 heterocycles. The number of hydrogen-bond donors (Lipinski definition) is 1. The van der Waals surface area contributed by atoms with E-state index in [1.54, 1.807) is 12.1 Å². The number of nitrogens with zero attached hydrogens (tertiary/aromatic N) is 1. The Bertz CT molecular complexity index is 884. The van der Waals surface area contributed by atoms with Crippen molar-refractivity contribution in [2.45, 2.75) is 11.8 Å². The Morgan fingerprint density at radius 2 is 1.88 bits per heavy atom. The van der Waals surface area contributed by atoms with Crippen LogP contribution in [0.2, 0.25) is 5.02 Å². The summed E-state index contributed by atoms with van der Waals surface area (Å²) in [6.45, 7) is 3.94. The van der Waals surface area contributed by atoms with Crippen molar-refractivity contribution >= 4 is 60.7 Å². The van der Waals surface area contributed by atoms with E-state index in [9.17, 15) is 8.42 Å². The van der Waals surface area contributed by atoms with E-state index in [0.717, 1.165) is 40.3 Å². The van der Waals surface area contributed by atoms with Gasteiger partial charge in [0.1, 0.15) is 4.90 Å². The average molecular weight is 462 g/mol. The van der Waals surface area contributed by atoms with Gasteiger partial charge in [0.25, 0.3) is 10.0 Å². The third-order valence-corrected chi connectivity index (χ3v) is 7.30. The molecule has 25 heavy (non-hydrogen) atoms. The van der Waals surface area contributed by atoms with Crippen LogP contribution in [0.15, 0.2) is 45.8 Å². The lowest BCUT2D eigenvalue weighted by molar-refractivity contribution is 0.601. The summed E-state index contributed by atoms with van der Waals surface area (Å²) in [6.07, 6.45) is 0. The minimum Gasteiger partial charge on any atom is -0.370 e. The third kappa shape index (κ3) is 4.45. The van der Waals surface area contributed by atoms with Gasteiger partial charge in [-0.15, -0.1) is 0 Å². The molecular weight excluding hydrogens is 444 g/mol. The lowest BCUT2D eigenvalue weighted by atomic mass is 10.1. The number of sulfonamides is 1. The van der Waals surface area contributed by atoms with Gasteiger partial charge in [-0.25, -0.2) is 8.42 Å². The first kappa shape index (κ1) is 18.9. The SMILES string of the molecule is Cc1cc(N2CCSCC2)ccc1NS(=O)(=O)c1ccc(Br)cc1Cl. The van der Waals surface area contributed by atoms with Gasteiger partial charge in [-0.1, -0.05) is 27.5 Å². The number of hydrogen-bond acceptors (Lipinski definition) is 4. The van der Waals surface area contributed by atoms with Crippen molar-refractivity contribution in [1.29, 1.82) is 0 Å². The molecule has 2 aromatic carbocycles. The highest BCUT2D eigenvalue weighted by Crippen LogP contribution is 2.29. The maximum absolute atomic E-state index is 12.6. The van der Waals surface area contributed by atoms with Crippen LogP contribution in [-0.2, 0) is 10.0 Å². The van der Waals surface area contributed by atoms with Gasteiger partial charge in [0.05, 0.1) is 10.7 Å². The van der Waals surface area contributed by atoms with Crippen LogP contribution in [0, 0.1) is 6.92 Å². The fraction of sp³-hybridized carbons (Fsp3) is 0.294. The van der Waals surface area contributed by atoms with E-state index >= 15 is 0 Å². The van der Waals surface area contributed by atoms with E-state index in [0.29, 0.717) is 5.69 Å². The van der Waals surface area contributed by atoms with E-state index in [-0.39, 0.29) is 9.92 Å². The number of thioether (sulfide) groups is 1. The maximum Gasteiger partial charge on any atom is 0.263 e. The Morgan fingerprint density at radius 3 is 2.52 bits per heavy atom. The van der Waals surface area contributed by atoms with E-state index in [4.69, 9.17) is 11.6 Å². The van der Waals surface area contributed by atoms with Crippen molar-refractivity contribution in [2.24, 2.45) is 0 Å². The van der Waals surface area contributed by atoms with Crippen molar-refractivity contribution in [2.75, 3.05) is 34.2 Å². The van der Waals surface area contributed by atoms with Crippen molar-refractivity contribution in [1.82, 2.24) is 0 Å². The van der Waals surface area contributed by atoms with Gasteiger partial charge in [-0.3, -0.25) is 4.72 Å². The van der Waals surface area contributed by atoms with Crippen molar-refractivity contribution in [3.05, 3.63) is 51.5 Å². The molecule has 0 bridgehead atoms. The molecule has 8 heteroatoms. The first-order chi connectivity index (χ1) is 11.9. The van der Waals surface area contributed by atoms with Crippen LogP contribution in [-0.4, -0.2) is 33.0 Å². The number of anilines is 2. The van der Waals surface area contributed by atoms with Gasteiger partial charge in [0, 0.05) is 34.8 Å². The van der Waals surface area contributed by atoms with E-state index in [1.165, 1.54) is 6.07 Å². The molecule has 1 N–H and O–H groups in total.